The molecule has 0 saturated carbocycles. The fourth-order valence-corrected chi connectivity index (χ4v) is 2.41. The normalized spacial score (nSPS) is 11.5. The molecule has 1 amide bonds. The molecule has 1 N–H and O–H groups in total. The van der Waals surface area contributed by atoms with Crippen LogP contribution in [0.15, 0.2) is 52.4 Å². The third kappa shape index (κ3) is 5.67. The number of aliphatic imine (C=N–C) groups is 2. The van der Waals surface area contributed by atoms with Crippen LogP contribution in [0.3, 0.4) is 0 Å². The molecule has 6 heteroatoms. The highest BCUT2D eigenvalue weighted by atomic mass is 16.5. The number of carbonyl (C=O) groups is 1. The van der Waals surface area contributed by atoms with Gasteiger partial charge in [0.2, 0.25) is 0 Å². The van der Waals surface area contributed by atoms with Crippen molar-refractivity contribution in [2.24, 2.45) is 9.98 Å². The molecule has 2 rings (SSSR count). The van der Waals surface area contributed by atoms with E-state index in [-0.39, 0.29) is 13.4 Å². The van der Waals surface area contributed by atoms with Gasteiger partial charge in [0.05, 0.1) is 7.11 Å². The quantitative estimate of drug-likeness (QED) is 0.597. The fourth-order valence-electron chi connectivity index (χ4n) is 2.41. The Labute approximate surface area is 161 Å². The lowest BCUT2D eigenvalue weighted by Crippen LogP contribution is -2.13. The fraction of sp³-hybridized carbons (Fsp3) is 0.286. The molecule has 0 atom stereocenters. The predicted octanol–water partition coefficient (Wildman–Crippen LogP) is 4.60. The molecule has 144 valence electrons. The van der Waals surface area contributed by atoms with Crippen molar-refractivity contribution in [3.8, 4) is 11.5 Å². The maximum atomic E-state index is 12.5. The summed E-state index contributed by atoms with van der Waals surface area (Å²) in [6, 6.07) is 13.0. The number of nitrogens with zero attached hydrogens (tertiary/aromatic N) is 2. The van der Waals surface area contributed by atoms with Crippen molar-refractivity contribution in [1.82, 2.24) is 0 Å². The zero-order valence-corrected chi connectivity index (χ0v) is 16.2. The van der Waals surface area contributed by atoms with Gasteiger partial charge in [-0.3, -0.25) is 4.79 Å². The number of methoxy groups -OCH3 is 1. The van der Waals surface area contributed by atoms with E-state index in [0.717, 1.165) is 12.0 Å². The lowest BCUT2D eigenvalue weighted by molar-refractivity contribution is 0.102. The summed E-state index contributed by atoms with van der Waals surface area (Å²) >= 11 is 0. The molecular weight excluding hydrogens is 342 g/mol. The van der Waals surface area contributed by atoms with Crippen LogP contribution >= 0.6 is 0 Å². The number of aryl methyl sites for hydroxylation is 1. The number of hydrogen-bond acceptors (Lipinski definition) is 4. The molecule has 0 bridgehead atoms. The molecule has 0 aromatic heterocycles. The number of anilines is 1. The SMILES string of the molecule is C/C=N\C(=NCC)Oc1cc(NC(=O)c2cccc(CC)c2)ccc1OC.[HH]. The van der Waals surface area contributed by atoms with Gasteiger partial charge in [-0.15, -0.1) is 0 Å². The minimum Gasteiger partial charge on any atom is -0.493 e. The minimum absolute atomic E-state index is 0. The van der Waals surface area contributed by atoms with Gasteiger partial charge >= 0.3 is 6.02 Å². The zero-order chi connectivity index (χ0) is 19.6. The van der Waals surface area contributed by atoms with Crippen molar-refractivity contribution in [1.29, 1.82) is 0 Å². The Bertz CT molecular complexity index is 851. The monoisotopic (exact) mass is 369 g/mol. The molecular formula is C21H27N3O3. The average molecular weight is 369 g/mol. The van der Waals surface area contributed by atoms with Gasteiger partial charge < -0.3 is 14.8 Å². The zero-order valence-electron chi connectivity index (χ0n) is 16.2. The molecule has 0 saturated heterocycles. The van der Waals surface area contributed by atoms with Crippen LogP contribution in [0, 0.1) is 0 Å². The standard InChI is InChI=1S/C21H25N3O3.H2/c1-5-15-9-8-10-16(13-15)20(25)24-17-11-12-18(26-4)19(14-17)27-21(22-6-2)23-7-3;/h6,8-14H,5,7H2,1-4H3,(H,24,25);1H/b22-6-,23-21?;. The molecule has 0 spiro atoms. The van der Waals surface area contributed by atoms with Gasteiger partial charge in [0.1, 0.15) is 0 Å². The second-order valence-corrected chi connectivity index (χ2v) is 5.62. The van der Waals surface area contributed by atoms with E-state index in [9.17, 15) is 4.79 Å². The largest absolute Gasteiger partial charge is 0.493 e. The van der Waals surface area contributed by atoms with Crippen molar-refractivity contribution < 1.29 is 15.7 Å². The number of amidine groups is 1. The first-order valence-corrected chi connectivity index (χ1v) is 8.90. The molecule has 0 radical (unpaired) electrons. The molecule has 0 aliphatic rings. The predicted molar refractivity (Wildman–Crippen MR) is 112 cm³/mol. The topological polar surface area (TPSA) is 72.3 Å². The van der Waals surface area contributed by atoms with Crippen molar-refractivity contribution in [2.75, 3.05) is 19.0 Å². The third-order valence-electron chi connectivity index (χ3n) is 3.75. The molecule has 0 aliphatic carbocycles. The molecule has 6 nitrogen and oxygen atoms in total. The van der Waals surface area contributed by atoms with Crippen molar-refractivity contribution in [3.05, 3.63) is 53.6 Å². The summed E-state index contributed by atoms with van der Waals surface area (Å²) in [5, 5.41) is 2.89. The highest BCUT2D eigenvalue weighted by molar-refractivity contribution is 6.04. The molecule has 0 heterocycles. The highest BCUT2D eigenvalue weighted by Gasteiger charge is 2.12. The molecule has 2 aromatic rings. The Hall–Kier alpha value is -3.15. The number of amides is 1. The van der Waals surface area contributed by atoms with E-state index in [1.165, 1.54) is 0 Å². The Balaban J connectivity index is 0.00000392. The van der Waals surface area contributed by atoms with E-state index in [2.05, 4.69) is 22.2 Å². The summed E-state index contributed by atoms with van der Waals surface area (Å²) in [6.45, 7) is 6.27. The van der Waals surface area contributed by atoms with E-state index in [1.807, 2.05) is 25.1 Å². The lowest BCUT2D eigenvalue weighted by Gasteiger charge is -2.12. The van der Waals surface area contributed by atoms with Crippen LogP contribution in [0.4, 0.5) is 5.69 Å². The van der Waals surface area contributed by atoms with Crippen LogP contribution in [0.1, 0.15) is 38.1 Å². The summed E-state index contributed by atoms with van der Waals surface area (Å²) in [6.07, 6.45) is 2.48. The van der Waals surface area contributed by atoms with Crippen LogP contribution in [0.5, 0.6) is 11.5 Å². The van der Waals surface area contributed by atoms with Crippen LogP contribution in [0.2, 0.25) is 0 Å². The number of hydrogen-bond donors (Lipinski definition) is 1. The van der Waals surface area contributed by atoms with Crippen molar-refractivity contribution >= 4 is 23.8 Å². The third-order valence-corrected chi connectivity index (χ3v) is 3.75. The molecule has 2 aromatic carbocycles. The van der Waals surface area contributed by atoms with E-state index in [1.54, 1.807) is 44.5 Å². The van der Waals surface area contributed by atoms with Crippen molar-refractivity contribution in [2.45, 2.75) is 27.2 Å². The number of carbonyl (C=O) groups excluding carboxylic acids is 1. The second-order valence-electron chi connectivity index (χ2n) is 5.62. The maximum absolute atomic E-state index is 12.5. The van der Waals surface area contributed by atoms with Crippen LogP contribution in [-0.4, -0.2) is 31.8 Å². The van der Waals surface area contributed by atoms with Gasteiger partial charge in [-0.25, -0.2) is 9.98 Å². The van der Waals surface area contributed by atoms with Gasteiger partial charge in [-0.05, 0) is 50.1 Å². The van der Waals surface area contributed by atoms with Crippen LogP contribution < -0.4 is 14.8 Å². The first kappa shape index (κ1) is 20.2. The Morgan fingerprint density at radius 2 is 2.00 bits per heavy atom. The molecule has 0 unspecified atom stereocenters. The Morgan fingerprint density at radius 3 is 2.67 bits per heavy atom. The summed E-state index contributed by atoms with van der Waals surface area (Å²) in [5.41, 5.74) is 2.31. The Kier molecular flexibility index (Phi) is 7.55. The van der Waals surface area contributed by atoms with Gasteiger partial charge in [0.25, 0.3) is 5.91 Å². The lowest BCUT2D eigenvalue weighted by atomic mass is 10.1. The number of ether oxygens (including phenoxy) is 2. The summed E-state index contributed by atoms with van der Waals surface area (Å²) in [5.74, 6) is 0.766. The van der Waals surface area contributed by atoms with E-state index >= 15 is 0 Å². The average Bonchev–Trinajstić information content (AvgIpc) is 2.68. The van der Waals surface area contributed by atoms with Gasteiger partial charge in [0, 0.05) is 31.5 Å². The van der Waals surface area contributed by atoms with Crippen LogP contribution in [0.25, 0.3) is 0 Å². The van der Waals surface area contributed by atoms with E-state index < -0.39 is 0 Å². The summed E-state index contributed by atoms with van der Waals surface area (Å²) < 4.78 is 11.1. The maximum Gasteiger partial charge on any atom is 0.316 e. The minimum atomic E-state index is -0.185. The summed E-state index contributed by atoms with van der Waals surface area (Å²) in [7, 11) is 1.55. The molecule has 27 heavy (non-hydrogen) atoms. The first-order chi connectivity index (χ1) is 13.1. The summed E-state index contributed by atoms with van der Waals surface area (Å²) in [4.78, 5) is 20.8. The number of benzene rings is 2. The smallest absolute Gasteiger partial charge is 0.316 e. The highest BCUT2D eigenvalue weighted by Crippen LogP contribution is 2.31. The van der Waals surface area contributed by atoms with E-state index in [4.69, 9.17) is 9.47 Å². The Morgan fingerprint density at radius 1 is 1.19 bits per heavy atom. The van der Waals surface area contributed by atoms with Crippen LogP contribution in [-0.2, 0) is 6.42 Å². The molecule has 0 aliphatic heterocycles. The molecule has 0 fully saturated rings. The first-order valence-electron chi connectivity index (χ1n) is 8.90. The second kappa shape index (κ2) is 10.1. The van der Waals surface area contributed by atoms with Crippen molar-refractivity contribution in [3.63, 3.8) is 0 Å². The number of nitrogens with one attached hydrogen (secondary N) is 1. The number of rotatable bonds is 6. The van der Waals surface area contributed by atoms with E-state index in [0.29, 0.717) is 29.3 Å². The van der Waals surface area contributed by atoms with Gasteiger partial charge in [-0.1, -0.05) is 19.1 Å². The van der Waals surface area contributed by atoms with Gasteiger partial charge in [0.15, 0.2) is 11.5 Å². The van der Waals surface area contributed by atoms with Gasteiger partial charge in [-0.2, -0.15) is 0 Å².